The summed E-state index contributed by atoms with van der Waals surface area (Å²) in [6.45, 7) is 0. The van der Waals surface area contributed by atoms with Gasteiger partial charge in [-0.25, -0.2) is 9.69 Å². The minimum atomic E-state index is -1.49. The quantitative estimate of drug-likeness (QED) is 0.222. The molecule has 3 aliphatic rings. The van der Waals surface area contributed by atoms with E-state index in [9.17, 15) is 19.5 Å². The number of ketones is 1. The van der Waals surface area contributed by atoms with E-state index in [4.69, 9.17) is 0 Å². The molecule has 0 radical (unpaired) electrons. The average Bonchev–Trinajstić information content (AvgIpc) is 3.62. The van der Waals surface area contributed by atoms with Crippen molar-refractivity contribution >= 4 is 40.4 Å². The third-order valence-electron chi connectivity index (χ3n) is 9.95. The molecular weight excluding hydrogens is 574 g/mol. The van der Waals surface area contributed by atoms with Gasteiger partial charge in [0.1, 0.15) is 0 Å². The maximum absolute atomic E-state index is 15.8. The minimum absolute atomic E-state index is 0.0409. The van der Waals surface area contributed by atoms with Crippen molar-refractivity contribution < 1.29 is 24.3 Å². The van der Waals surface area contributed by atoms with Crippen LogP contribution in [0.15, 0.2) is 146 Å². The van der Waals surface area contributed by atoms with Crippen LogP contribution in [0.2, 0.25) is 0 Å². The van der Waals surface area contributed by atoms with Crippen molar-refractivity contribution in [1.29, 1.82) is 0 Å². The molecule has 0 spiro atoms. The zero-order valence-electron chi connectivity index (χ0n) is 24.5. The number of hydrogen-bond donors (Lipinski definition) is 1. The molecule has 0 aromatic heterocycles. The first-order chi connectivity index (χ1) is 22.4. The highest BCUT2D eigenvalue weighted by Crippen LogP contribution is 2.74. The first-order valence-corrected chi connectivity index (χ1v) is 15.2. The van der Waals surface area contributed by atoms with Gasteiger partial charge in [-0.15, -0.1) is 0 Å². The first kappa shape index (κ1) is 27.7. The predicted octanol–water partition coefficient (Wildman–Crippen LogP) is 6.57. The second kappa shape index (κ2) is 10.1. The van der Waals surface area contributed by atoms with Crippen LogP contribution in [0.4, 0.5) is 5.69 Å². The Balaban J connectivity index is 1.52. The lowest BCUT2D eigenvalue weighted by atomic mass is 9.59. The van der Waals surface area contributed by atoms with Gasteiger partial charge in [-0.05, 0) is 57.7 Å². The highest BCUT2D eigenvalue weighted by Gasteiger charge is 2.82. The van der Waals surface area contributed by atoms with E-state index in [0.29, 0.717) is 11.1 Å². The van der Waals surface area contributed by atoms with Crippen molar-refractivity contribution in [3.8, 4) is 0 Å². The number of rotatable bonds is 6. The zero-order chi connectivity index (χ0) is 31.6. The smallest absolute Gasteiger partial charge is 0.335 e. The average molecular weight is 602 g/mol. The van der Waals surface area contributed by atoms with Crippen LogP contribution < -0.4 is 4.90 Å². The number of carbonyl (C=O) groups excluding carboxylic acids is 3. The van der Waals surface area contributed by atoms with Gasteiger partial charge >= 0.3 is 5.97 Å². The molecule has 5 aromatic carbocycles. The Morgan fingerprint density at radius 2 is 0.891 bits per heavy atom. The molecule has 2 bridgehead atoms. The molecule has 6 nitrogen and oxygen atoms in total. The highest BCUT2D eigenvalue weighted by atomic mass is 16.4. The number of fused-ring (bicyclic) bond motifs is 5. The van der Waals surface area contributed by atoms with Crippen LogP contribution in [0.25, 0.3) is 11.1 Å². The molecular formula is C40H27NO5. The van der Waals surface area contributed by atoms with Crippen LogP contribution in [0.1, 0.15) is 32.6 Å². The Labute approximate surface area is 265 Å². The van der Waals surface area contributed by atoms with Gasteiger partial charge in [-0.2, -0.15) is 0 Å². The predicted molar refractivity (Wildman–Crippen MR) is 174 cm³/mol. The molecule has 6 heteroatoms. The summed E-state index contributed by atoms with van der Waals surface area (Å²) < 4.78 is 0. The second-order valence-corrected chi connectivity index (χ2v) is 12.0. The minimum Gasteiger partial charge on any atom is -0.478 e. The van der Waals surface area contributed by atoms with Gasteiger partial charge < -0.3 is 5.11 Å². The lowest BCUT2D eigenvalue weighted by Gasteiger charge is -2.39. The fourth-order valence-corrected chi connectivity index (χ4v) is 8.34. The van der Waals surface area contributed by atoms with Crippen LogP contribution in [-0.4, -0.2) is 28.7 Å². The van der Waals surface area contributed by atoms with E-state index >= 15 is 4.79 Å². The summed E-state index contributed by atoms with van der Waals surface area (Å²) in [7, 11) is 0. The van der Waals surface area contributed by atoms with Crippen molar-refractivity contribution in [3.63, 3.8) is 0 Å². The van der Waals surface area contributed by atoms with Crippen molar-refractivity contribution in [2.24, 2.45) is 11.8 Å². The number of carboxylic acids is 1. The Morgan fingerprint density at radius 1 is 0.522 bits per heavy atom. The van der Waals surface area contributed by atoms with Crippen molar-refractivity contribution in [1.82, 2.24) is 0 Å². The molecule has 222 valence electrons. The van der Waals surface area contributed by atoms with Crippen LogP contribution in [0, 0.1) is 11.8 Å². The van der Waals surface area contributed by atoms with Crippen LogP contribution in [0.5, 0.6) is 0 Å². The number of carbonyl (C=O) groups is 4. The van der Waals surface area contributed by atoms with E-state index in [1.165, 1.54) is 29.2 Å². The SMILES string of the molecule is O=C(O)c1ccc(N2C(=O)[C@H]3[C@H](C2=O)[C@]2(c4ccccc4)C(=O)[C@]3(c3ccccc3)C(c3ccccc3)=C2c2ccccc2)cc1. The van der Waals surface area contributed by atoms with Crippen LogP contribution in [0.3, 0.4) is 0 Å². The summed E-state index contributed by atoms with van der Waals surface area (Å²) in [6.07, 6.45) is 0. The van der Waals surface area contributed by atoms with E-state index in [-0.39, 0.29) is 17.0 Å². The summed E-state index contributed by atoms with van der Waals surface area (Å²) in [5, 5.41) is 9.49. The fourth-order valence-electron chi connectivity index (χ4n) is 8.34. The largest absolute Gasteiger partial charge is 0.478 e. The molecule has 2 aliphatic carbocycles. The summed E-state index contributed by atoms with van der Waals surface area (Å²) in [4.78, 5) is 58.5. The number of carboxylic acid groups (broad SMARTS) is 1. The Morgan fingerprint density at radius 3 is 1.26 bits per heavy atom. The third kappa shape index (κ3) is 3.41. The summed E-state index contributed by atoms with van der Waals surface area (Å²) >= 11 is 0. The molecule has 1 saturated heterocycles. The van der Waals surface area contributed by atoms with Gasteiger partial charge in [0, 0.05) is 0 Å². The number of aromatic carboxylic acids is 1. The Kier molecular flexibility index (Phi) is 6.06. The lowest BCUT2D eigenvalue weighted by molar-refractivity contribution is -0.130. The van der Waals surface area contributed by atoms with Crippen LogP contribution >= 0.6 is 0 Å². The van der Waals surface area contributed by atoms with Gasteiger partial charge in [0.05, 0.1) is 33.9 Å². The van der Waals surface area contributed by atoms with Crippen molar-refractivity contribution in [2.75, 3.05) is 4.90 Å². The van der Waals surface area contributed by atoms with Gasteiger partial charge in [0.15, 0.2) is 5.78 Å². The molecule has 8 rings (SSSR count). The summed E-state index contributed by atoms with van der Waals surface area (Å²) in [6, 6.07) is 43.9. The zero-order valence-corrected chi connectivity index (χ0v) is 24.5. The molecule has 1 N–H and O–H groups in total. The topological polar surface area (TPSA) is 91.8 Å². The fraction of sp³-hybridized carbons (Fsp3) is 0.100. The van der Waals surface area contributed by atoms with E-state index in [0.717, 1.165) is 22.3 Å². The number of imide groups is 1. The van der Waals surface area contributed by atoms with E-state index in [1.54, 1.807) is 0 Å². The number of amides is 2. The van der Waals surface area contributed by atoms with Gasteiger partial charge in [0.25, 0.3) is 0 Å². The monoisotopic (exact) mass is 601 g/mol. The maximum Gasteiger partial charge on any atom is 0.335 e. The molecule has 2 amide bonds. The van der Waals surface area contributed by atoms with Gasteiger partial charge in [-0.1, -0.05) is 121 Å². The van der Waals surface area contributed by atoms with E-state index in [1.807, 2.05) is 121 Å². The summed E-state index contributed by atoms with van der Waals surface area (Å²) in [5.74, 6) is -4.34. The van der Waals surface area contributed by atoms with Gasteiger partial charge in [0.2, 0.25) is 11.8 Å². The molecule has 4 atom stereocenters. The normalized spacial score (nSPS) is 24.9. The number of allylic oxidation sites excluding steroid dienone is 2. The standard InChI is InChI=1S/C40H27NO5/c42-35-33-34(36(43)41(35)30-23-21-27(22-24-30)37(44)45)40(29-19-11-4-12-20-29)32(26-15-7-2-8-16-26)31(25-13-5-1-6-14-25)39(33,38(40)46)28-17-9-3-10-18-28/h1-24,33-34H,(H,44,45)/t33-,34-,39-,40-/m1/s1. The van der Waals surface area contributed by atoms with Crippen molar-refractivity contribution in [3.05, 3.63) is 173 Å². The lowest BCUT2D eigenvalue weighted by Crippen LogP contribution is -2.45. The summed E-state index contributed by atoms with van der Waals surface area (Å²) in [5.41, 5.74) is 1.71. The van der Waals surface area contributed by atoms with Crippen LogP contribution in [-0.2, 0) is 25.2 Å². The first-order valence-electron chi connectivity index (χ1n) is 15.2. The molecule has 5 aromatic rings. The molecule has 46 heavy (non-hydrogen) atoms. The maximum atomic E-state index is 15.8. The Hall–Kier alpha value is -5.88. The number of anilines is 1. The second-order valence-electron chi connectivity index (χ2n) is 12.0. The number of Topliss-reactive ketones (excluding diaryl/α,β-unsaturated/α-hetero) is 1. The third-order valence-corrected chi connectivity index (χ3v) is 9.95. The molecule has 0 unspecified atom stereocenters. The number of nitrogens with zero attached hydrogens (tertiary/aromatic N) is 1. The van der Waals surface area contributed by atoms with E-state index in [2.05, 4.69) is 0 Å². The molecule has 1 aliphatic heterocycles. The number of benzene rings is 5. The molecule has 1 saturated carbocycles. The molecule has 2 fully saturated rings. The highest BCUT2D eigenvalue weighted by molar-refractivity contribution is 6.39. The van der Waals surface area contributed by atoms with Gasteiger partial charge in [-0.3, -0.25) is 14.4 Å². The van der Waals surface area contributed by atoms with E-state index < -0.39 is 40.4 Å². The Bertz CT molecular complexity index is 1950. The molecule has 1 heterocycles. The van der Waals surface area contributed by atoms with Crippen molar-refractivity contribution in [2.45, 2.75) is 10.8 Å². The number of hydrogen-bond acceptors (Lipinski definition) is 4.